The Morgan fingerprint density at radius 2 is 2.09 bits per heavy atom. The third-order valence-electron chi connectivity index (χ3n) is 4.83. The van der Waals surface area contributed by atoms with Crippen LogP contribution in [0.5, 0.6) is 0 Å². The number of hydrogen-bond donors (Lipinski definition) is 1. The van der Waals surface area contributed by atoms with Crippen molar-refractivity contribution in [2.45, 2.75) is 58.5 Å². The van der Waals surface area contributed by atoms with Crippen molar-refractivity contribution < 1.29 is 9.21 Å². The molecule has 1 fully saturated rings. The molecule has 1 aromatic heterocycles. The van der Waals surface area contributed by atoms with E-state index in [2.05, 4.69) is 25.7 Å². The third-order valence-corrected chi connectivity index (χ3v) is 4.83. The third kappa shape index (κ3) is 4.58. The lowest BCUT2D eigenvalue weighted by Gasteiger charge is -2.29. The zero-order valence-corrected chi connectivity index (χ0v) is 14.8. The Bertz CT molecular complexity index is 492. The molecule has 0 spiro atoms. The van der Waals surface area contributed by atoms with Gasteiger partial charge in [0.1, 0.15) is 5.76 Å². The average molecular weight is 321 g/mol. The number of hydrogen-bond acceptors (Lipinski definition) is 4. The predicted octanol–water partition coefficient (Wildman–Crippen LogP) is 3.03. The van der Waals surface area contributed by atoms with Gasteiger partial charge in [-0.2, -0.15) is 0 Å². The molecule has 1 atom stereocenters. The highest BCUT2D eigenvalue weighted by atomic mass is 16.4. The number of nitrogens with zero attached hydrogens (tertiary/aromatic N) is 2. The van der Waals surface area contributed by atoms with E-state index in [0.717, 1.165) is 44.8 Å². The molecule has 5 heteroatoms. The Labute approximate surface area is 139 Å². The van der Waals surface area contributed by atoms with Crippen LogP contribution in [0.25, 0.3) is 0 Å². The molecule has 1 saturated heterocycles. The fourth-order valence-corrected chi connectivity index (χ4v) is 3.12. The van der Waals surface area contributed by atoms with Gasteiger partial charge in [0.15, 0.2) is 5.76 Å². The molecule has 2 heterocycles. The van der Waals surface area contributed by atoms with Crippen LogP contribution in [0.2, 0.25) is 0 Å². The Kier molecular flexibility index (Phi) is 6.66. The fourth-order valence-electron chi connectivity index (χ4n) is 3.12. The summed E-state index contributed by atoms with van der Waals surface area (Å²) in [7, 11) is 0. The number of carbonyl (C=O) groups is 1. The Morgan fingerprint density at radius 3 is 2.70 bits per heavy atom. The number of nitrogens with two attached hydrogens (primary N) is 1. The molecule has 5 nitrogen and oxygen atoms in total. The highest BCUT2D eigenvalue weighted by Gasteiger charge is 2.25. The topological polar surface area (TPSA) is 62.7 Å². The van der Waals surface area contributed by atoms with E-state index >= 15 is 0 Å². The zero-order valence-electron chi connectivity index (χ0n) is 14.8. The van der Waals surface area contributed by atoms with Crippen molar-refractivity contribution in [2.75, 3.05) is 26.2 Å². The standard InChI is InChI=1S/C18H31N3O2/c1-4-6-11-20(5-2)14(3)16-7-8-17(23-16)18(22)21-12-9-15(19)10-13-21/h7-8,14-15H,4-6,9-13,19H2,1-3H3. The van der Waals surface area contributed by atoms with Crippen LogP contribution >= 0.6 is 0 Å². The minimum absolute atomic E-state index is 0.00745. The average Bonchev–Trinajstić information content (AvgIpc) is 3.05. The largest absolute Gasteiger partial charge is 0.454 e. The molecule has 1 aromatic rings. The molecule has 2 N–H and O–H groups in total. The Hall–Kier alpha value is -1.33. The lowest BCUT2D eigenvalue weighted by atomic mass is 10.1. The molecule has 0 saturated carbocycles. The fraction of sp³-hybridized carbons (Fsp3) is 0.722. The van der Waals surface area contributed by atoms with E-state index in [1.54, 1.807) is 0 Å². The second-order valence-electron chi connectivity index (χ2n) is 6.49. The molecule has 1 amide bonds. The van der Waals surface area contributed by atoms with Crippen molar-refractivity contribution in [1.82, 2.24) is 9.80 Å². The number of rotatable bonds is 7. The van der Waals surface area contributed by atoms with Gasteiger partial charge in [0.25, 0.3) is 5.91 Å². The van der Waals surface area contributed by atoms with Gasteiger partial charge in [0.2, 0.25) is 0 Å². The quantitative estimate of drug-likeness (QED) is 0.838. The van der Waals surface area contributed by atoms with Crippen molar-refractivity contribution in [2.24, 2.45) is 5.73 Å². The summed E-state index contributed by atoms with van der Waals surface area (Å²) in [5.74, 6) is 1.32. The van der Waals surface area contributed by atoms with Crippen molar-refractivity contribution in [1.29, 1.82) is 0 Å². The molecular weight excluding hydrogens is 290 g/mol. The van der Waals surface area contributed by atoms with Gasteiger partial charge in [-0.15, -0.1) is 0 Å². The smallest absolute Gasteiger partial charge is 0.289 e. The first kappa shape index (κ1) is 18.0. The van der Waals surface area contributed by atoms with Crippen LogP contribution in [0.3, 0.4) is 0 Å². The maximum Gasteiger partial charge on any atom is 0.289 e. The molecule has 1 aliphatic heterocycles. The van der Waals surface area contributed by atoms with Crippen LogP contribution in [-0.2, 0) is 0 Å². The summed E-state index contributed by atoms with van der Waals surface area (Å²) in [6.45, 7) is 10.0. The van der Waals surface area contributed by atoms with E-state index in [1.165, 1.54) is 12.8 Å². The number of furan rings is 1. The van der Waals surface area contributed by atoms with Gasteiger partial charge in [-0.25, -0.2) is 0 Å². The molecular formula is C18H31N3O2. The predicted molar refractivity (Wildman–Crippen MR) is 92.4 cm³/mol. The first-order valence-electron chi connectivity index (χ1n) is 8.95. The molecule has 0 bridgehead atoms. The number of piperidine rings is 1. The van der Waals surface area contributed by atoms with Crippen LogP contribution in [0.4, 0.5) is 0 Å². The maximum atomic E-state index is 12.5. The zero-order chi connectivity index (χ0) is 16.8. The minimum atomic E-state index is -0.00745. The second kappa shape index (κ2) is 8.50. The van der Waals surface area contributed by atoms with E-state index in [0.29, 0.717) is 5.76 Å². The van der Waals surface area contributed by atoms with E-state index in [9.17, 15) is 4.79 Å². The normalized spacial score (nSPS) is 17.7. The first-order chi connectivity index (χ1) is 11.1. The molecule has 0 aliphatic carbocycles. The summed E-state index contributed by atoms with van der Waals surface area (Å²) < 4.78 is 5.89. The number of carbonyl (C=O) groups excluding carboxylic acids is 1. The lowest BCUT2D eigenvalue weighted by molar-refractivity contribution is 0.0676. The van der Waals surface area contributed by atoms with Crippen molar-refractivity contribution >= 4 is 5.91 Å². The van der Waals surface area contributed by atoms with Gasteiger partial charge in [-0.3, -0.25) is 9.69 Å². The number of amides is 1. The number of likely N-dealkylation sites (tertiary alicyclic amines) is 1. The van der Waals surface area contributed by atoms with Crippen molar-refractivity contribution in [3.63, 3.8) is 0 Å². The van der Waals surface area contributed by atoms with Crippen molar-refractivity contribution in [3.05, 3.63) is 23.7 Å². The maximum absolute atomic E-state index is 12.5. The first-order valence-corrected chi connectivity index (χ1v) is 8.95. The van der Waals surface area contributed by atoms with Gasteiger partial charge in [-0.05, 0) is 51.4 Å². The van der Waals surface area contributed by atoms with E-state index in [-0.39, 0.29) is 18.0 Å². The van der Waals surface area contributed by atoms with Crippen LogP contribution in [0.1, 0.15) is 68.8 Å². The monoisotopic (exact) mass is 321 g/mol. The van der Waals surface area contributed by atoms with Gasteiger partial charge in [0.05, 0.1) is 6.04 Å². The molecule has 2 rings (SSSR count). The summed E-state index contributed by atoms with van der Waals surface area (Å²) in [6, 6.07) is 4.18. The highest BCUT2D eigenvalue weighted by molar-refractivity contribution is 5.91. The van der Waals surface area contributed by atoms with Gasteiger partial charge >= 0.3 is 0 Å². The second-order valence-corrected chi connectivity index (χ2v) is 6.49. The van der Waals surface area contributed by atoms with E-state index in [4.69, 9.17) is 10.2 Å². The van der Waals surface area contributed by atoms with Crippen LogP contribution in [0, 0.1) is 0 Å². The van der Waals surface area contributed by atoms with Gasteiger partial charge in [0, 0.05) is 19.1 Å². The molecule has 0 radical (unpaired) electrons. The minimum Gasteiger partial charge on any atom is -0.454 e. The summed E-state index contributed by atoms with van der Waals surface area (Å²) in [5, 5.41) is 0. The van der Waals surface area contributed by atoms with Crippen molar-refractivity contribution in [3.8, 4) is 0 Å². The van der Waals surface area contributed by atoms with Crippen LogP contribution in [-0.4, -0.2) is 47.9 Å². The Balaban J connectivity index is 2.00. The summed E-state index contributed by atoms with van der Waals surface area (Å²) in [4.78, 5) is 16.8. The molecule has 1 aliphatic rings. The summed E-state index contributed by atoms with van der Waals surface area (Å²) in [5.41, 5.74) is 5.90. The molecule has 1 unspecified atom stereocenters. The molecule has 23 heavy (non-hydrogen) atoms. The molecule has 130 valence electrons. The van der Waals surface area contributed by atoms with Gasteiger partial charge < -0.3 is 15.1 Å². The van der Waals surface area contributed by atoms with Crippen LogP contribution in [0.15, 0.2) is 16.5 Å². The molecule has 0 aromatic carbocycles. The van der Waals surface area contributed by atoms with Gasteiger partial charge in [-0.1, -0.05) is 20.3 Å². The van der Waals surface area contributed by atoms with E-state index in [1.807, 2.05) is 17.0 Å². The number of unbranched alkanes of at least 4 members (excludes halogenated alkanes) is 1. The summed E-state index contributed by atoms with van der Waals surface area (Å²) >= 11 is 0. The van der Waals surface area contributed by atoms with E-state index < -0.39 is 0 Å². The highest BCUT2D eigenvalue weighted by Crippen LogP contribution is 2.24. The van der Waals surface area contributed by atoms with Crippen LogP contribution < -0.4 is 5.73 Å². The Morgan fingerprint density at radius 1 is 1.39 bits per heavy atom. The summed E-state index contributed by atoms with van der Waals surface area (Å²) in [6.07, 6.45) is 4.10. The SMILES string of the molecule is CCCCN(CC)C(C)c1ccc(C(=O)N2CCC(N)CC2)o1. The lowest BCUT2D eigenvalue weighted by Crippen LogP contribution is -2.42.